The Balaban J connectivity index is 1.89. The molecule has 1 aromatic rings. The van der Waals surface area contributed by atoms with Gasteiger partial charge in [-0.15, -0.1) is 0 Å². The van der Waals surface area contributed by atoms with Gasteiger partial charge < -0.3 is 10.2 Å². The van der Waals surface area contributed by atoms with Crippen molar-refractivity contribution in [2.45, 2.75) is 51.5 Å². The third-order valence-electron chi connectivity index (χ3n) is 4.38. The number of halogens is 1. The van der Waals surface area contributed by atoms with E-state index in [2.05, 4.69) is 17.1 Å². The molecule has 1 heterocycles. The van der Waals surface area contributed by atoms with Crippen LogP contribution in [0.3, 0.4) is 0 Å². The highest BCUT2D eigenvalue weighted by Gasteiger charge is 2.14. The molecule has 1 unspecified atom stereocenters. The second-order valence-electron chi connectivity index (χ2n) is 6.06. The van der Waals surface area contributed by atoms with Gasteiger partial charge in [-0.25, -0.2) is 4.39 Å². The van der Waals surface area contributed by atoms with Gasteiger partial charge in [0, 0.05) is 6.04 Å². The number of hydrogen-bond acceptors (Lipinski definition) is 2. The molecule has 0 aromatic heterocycles. The third kappa shape index (κ3) is 5.76. The van der Waals surface area contributed by atoms with Gasteiger partial charge >= 0.3 is 0 Å². The topological polar surface area (TPSA) is 15.3 Å². The SMILES string of the molecule is CCNC(CCN1CCCCCCC1)c1cccc(F)c1. The van der Waals surface area contributed by atoms with E-state index in [1.165, 1.54) is 51.3 Å². The molecule has 2 rings (SSSR count). The molecule has 0 bridgehead atoms. The molecule has 21 heavy (non-hydrogen) atoms. The van der Waals surface area contributed by atoms with Crippen molar-refractivity contribution >= 4 is 0 Å². The van der Waals surface area contributed by atoms with Gasteiger partial charge in [0.05, 0.1) is 0 Å². The number of benzene rings is 1. The first-order valence-electron chi connectivity index (χ1n) is 8.51. The predicted octanol–water partition coefficient (Wildman–Crippen LogP) is 4.13. The second kappa shape index (κ2) is 9.16. The molecule has 1 aliphatic rings. The van der Waals surface area contributed by atoms with Gasteiger partial charge in [0.1, 0.15) is 5.82 Å². The molecule has 0 aliphatic carbocycles. The maximum atomic E-state index is 13.4. The van der Waals surface area contributed by atoms with Gasteiger partial charge in [0.15, 0.2) is 0 Å². The summed E-state index contributed by atoms with van der Waals surface area (Å²) in [5, 5.41) is 3.50. The standard InChI is InChI=1S/C18H29FN2/c1-2-20-18(16-9-8-10-17(19)15-16)11-14-21-12-6-4-3-5-7-13-21/h8-10,15,18,20H,2-7,11-14H2,1H3. The Morgan fingerprint density at radius 3 is 2.52 bits per heavy atom. The zero-order valence-electron chi connectivity index (χ0n) is 13.3. The lowest BCUT2D eigenvalue weighted by Crippen LogP contribution is -2.32. The molecule has 0 radical (unpaired) electrons. The van der Waals surface area contributed by atoms with Crippen LogP contribution in [-0.2, 0) is 0 Å². The molecule has 0 spiro atoms. The summed E-state index contributed by atoms with van der Waals surface area (Å²) in [5.74, 6) is -0.137. The molecule has 118 valence electrons. The van der Waals surface area contributed by atoms with Crippen LogP contribution in [0.15, 0.2) is 24.3 Å². The minimum absolute atomic E-state index is 0.137. The number of nitrogens with one attached hydrogen (secondary N) is 1. The summed E-state index contributed by atoms with van der Waals surface area (Å²) >= 11 is 0. The van der Waals surface area contributed by atoms with Crippen LogP contribution >= 0.6 is 0 Å². The Bertz CT molecular complexity index is 400. The predicted molar refractivity (Wildman–Crippen MR) is 87.0 cm³/mol. The average Bonchev–Trinajstić information content (AvgIpc) is 2.44. The Hall–Kier alpha value is -0.930. The smallest absolute Gasteiger partial charge is 0.123 e. The van der Waals surface area contributed by atoms with Crippen molar-refractivity contribution in [1.82, 2.24) is 10.2 Å². The van der Waals surface area contributed by atoms with E-state index in [9.17, 15) is 4.39 Å². The fourth-order valence-electron chi connectivity index (χ4n) is 3.20. The average molecular weight is 292 g/mol. The molecule has 1 N–H and O–H groups in total. The Labute approximate surface area is 128 Å². The highest BCUT2D eigenvalue weighted by atomic mass is 19.1. The van der Waals surface area contributed by atoms with E-state index in [0.29, 0.717) is 0 Å². The van der Waals surface area contributed by atoms with E-state index in [-0.39, 0.29) is 11.9 Å². The van der Waals surface area contributed by atoms with Crippen LogP contribution in [0, 0.1) is 5.82 Å². The molecule has 3 heteroatoms. The van der Waals surface area contributed by atoms with Gasteiger partial charge in [0.25, 0.3) is 0 Å². The number of likely N-dealkylation sites (tertiary alicyclic amines) is 1. The van der Waals surface area contributed by atoms with Gasteiger partial charge in [-0.05, 0) is 63.1 Å². The van der Waals surface area contributed by atoms with E-state index < -0.39 is 0 Å². The minimum atomic E-state index is -0.137. The second-order valence-corrected chi connectivity index (χ2v) is 6.06. The molecule has 1 aliphatic heterocycles. The van der Waals surface area contributed by atoms with Crippen LogP contribution in [0.5, 0.6) is 0 Å². The number of nitrogens with zero attached hydrogens (tertiary/aromatic N) is 1. The van der Waals surface area contributed by atoms with Crippen molar-refractivity contribution in [3.8, 4) is 0 Å². The van der Waals surface area contributed by atoms with Gasteiger partial charge in [-0.1, -0.05) is 38.3 Å². The summed E-state index contributed by atoms with van der Waals surface area (Å²) in [7, 11) is 0. The molecule has 1 aromatic carbocycles. The van der Waals surface area contributed by atoms with E-state index >= 15 is 0 Å². The summed E-state index contributed by atoms with van der Waals surface area (Å²) in [5.41, 5.74) is 1.07. The Morgan fingerprint density at radius 1 is 1.14 bits per heavy atom. The van der Waals surface area contributed by atoms with E-state index in [4.69, 9.17) is 0 Å². The van der Waals surface area contributed by atoms with Crippen LogP contribution in [0.25, 0.3) is 0 Å². The lowest BCUT2D eigenvalue weighted by atomic mass is 10.0. The van der Waals surface area contributed by atoms with Gasteiger partial charge in [-0.2, -0.15) is 0 Å². The normalized spacial score (nSPS) is 19.0. The molecule has 1 fully saturated rings. The highest BCUT2D eigenvalue weighted by molar-refractivity contribution is 5.20. The lowest BCUT2D eigenvalue weighted by molar-refractivity contribution is 0.234. The first-order valence-corrected chi connectivity index (χ1v) is 8.51. The summed E-state index contributed by atoms with van der Waals surface area (Å²) in [6.45, 7) is 6.59. The zero-order chi connectivity index (χ0) is 14.9. The van der Waals surface area contributed by atoms with Crippen LogP contribution < -0.4 is 5.32 Å². The minimum Gasteiger partial charge on any atom is -0.310 e. The molecule has 0 amide bonds. The Kier molecular flexibility index (Phi) is 7.17. The summed E-state index contributed by atoms with van der Waals surface area (Å²) in [6.07, 6.45) is 7.85. The first kappa shape index (κ1) is 16.4. The van der Waals surface area contributed by atoms with Crippen LogP contribution in [-0.4, -0.2) is 31.1 Å². The molecule has 0 saturated carbocycles. The maximum absolute atomic E-state index is 13.4. The molecular weight excluding hydrogens is 263 g/mol. The van der Waals surface area contributed by atoms with Crippen molar-refractivity contribution < 1.29 is 4.39 Å². The van der Waals surface area contributed by atoms with Crippen LogP contribution in [0.1, 0.15) is 57.1 Å². The third-order valence-corrected chi connectivity index (χ3v) is 4.38. The van der Waals surface area contributed by atoms with Crippen molar-refractivity contribution in [3.63, 3.8) is 0 Å². The summed E-state index contributed by atoms with van der Waals surface area (Å²) in [6, 6.07) is 7.29. The molecule has 1 saturated heterocycles. The van der Waals surface area contributed by atoms with Gasteiger partial charge in [-0.3, -0.25) is 0 Å². The fourth-order valence-corrected chi connectivity index (χ4v) is 3.20. The van der Waals surface area contributed by atoms with E-state index in [1.807, 2.05) is 12.1 Å². The maximum Gasteiger partial charge on any atom is 0.123 e. The van der Waals surface area contributed by atoms with Crippen molar-refractivity contribution in [1.29, 1.82) is 0 Å². The zero-order valence-corrected chi connectivity index (χ0v) is 13.3. The summed E-state index contributed by atoms with van der Waals surface area (Å²) < 4.78 is 13.4. The number of rotatable bonds is 6. The van der Waals surface area contributed by atoms with E-state index in [1.54, 1.807) is 6.07 Å². The van der Waals surface area contributed by atoms with Crippen LogP contribution in [0.2, 0.25) is 0 Å². The molecular formula is C18H29FN2. The van der Waals surface area contributed by atoms with E-state index in [0.717, 1.165) is 25.1 Å². The molecule has 1 atom stereocenters. The van der Waals surface area contributed by atoms with Crippen LogP contribution in [0.4, 0.5) is 4.39 Å². The summed E-state index contributed by atoms with van der Waals surface area (Å²) in [4.78, 5) is 2.59. The first-order chi connectivity index (χ1) is 10.3. The largest absolute Gasteiger partial charge is 0.310 e. The highest BCUT2D eigenvalue weighted by Crippen LogP contribution is 2.19. The Morgan fingerprint density at radius 2 is 1.86 bits per heavy atom. The van der Waals surface area contributed by atoms with Crippen molar-refractivity contribution in [2.75, 3.05) is 26.2 Å². The quantitative estimate of drug-likeness (QED) is 0.848. The van der Waals surface area contributed by atoms with Crippen molar-refractivity contribution in [2.24, 2.45) is 0 Å². The fraction of sp³-hybridized carbons (Fsp3) is 0.667. The molecule has 2 nitrogen and oxygen atoms in total. The lowest BCUT2D eigenvalue weighted by Gasteiger charge is -2.27. The monoisotopic (exact) mass is 292 g/mol. The number of hydrogen-bond donors (Lipinski definition) is 1. The van der Waals surface area contributed by atoms with Gasteiger partial charge in [0.2, 0.25) is 0 Å². The van der Waals surface area contributed by atoms with Crippen molar-refractivity contribution in [3.05, 3.63) is 35.6 Å².